The fraction of sp³-hybridized carbons (Fsp3) is 0.448. The van der Waals surface area contributed by atoms with E-state index in [-0.39, 0.29) is 17.7 Å². The lowest BCUT2D eigenvalue weighted by Crippen LogP contribution is -2.33. The smallest absolute Gasteiger partial charge is 0.387 e. The maximum atomic E-state index is 15.2. The molecule has 36 heavy (non-hydrogen) atoms. The number of ether oxygens (including phenoxy) is 4. The summed E-state index contributed by atoms with van der Waals surface area (Å²) in [4.78, 5) is 0. The van der Waals surface area contributed by atoms with Crippen LogP contribution in [0.4, 0.5) is 13.2 Å². The van der Waals surface area contributed by atoms with Crippen LogP contribution < -0.4 is 4.74 Å². The molecule has 0 aliphatic carbocycles. The number of benzene rings is 3. The van der Waals surface area contributed by atoms with E-state index in [0.717, 1.165) is 29.5 Å². The van der Waals surface area contributed by atoms with Crippen molar-refractivity contribution in [3.8, 4) is 5.75 Å². The zero-order chi connectivity index (χ0) is 25.3. The lowest BCUT2D eigenvalue weighted by atomic mass is 9.99. The highest BCUT2D eigenvalue weighted by molar-refractivity contribution is 5.84. The van der Waals surface area contributed by atoms with Crippen LogP contribution in [0.2, 0.25) is 0 Å². The topological polar surface area (TPSA) is 36.9 Å². The molecule has 1 saturated heterocycles. The van der Waals surface area contributed by atoms with Crippen molar-refractivity contribution in [1.82, 2.24) is 0 Å². The monoisotopic (exact) mass is 502 g/mol. The van der Waals surface area contributed by atoms with Gasteiger partial charge >= 0.3 is 6.61 Å². The van der Waals surface area contributed by atoms with Crippen LogP contribution in [0.15, 0.2) is 54.6 Å². The maximum Gasteiger partial charge on any atom is 0.387 e. The van der Waals surface area contributed by atoms with E-state index in [1.165, 1.54) is 31.4 Å². The number of hydrogen-bond donors (Lipinski definition) is 0. The first-order chi connectivity index (χ1) is 17.5. The summed E-state index contributed by atoms with van der Waals surface area (Å²) in [6.07, 6.45) is 5.18. The molecule has 0 amide bonds. The summed E-state index contributed by atoms with van der Waals surface area (Å²) >= 11 is 0. The van der Waals surface area contributed by atoms with E-state index in [0.29, 0.717) is 37.0 Å². The van der Waals surface area contributed by atoms with E-state index in [2.05, 4.69) is 11.7 Å². The Labute approximate surface area is 210 Å². The van der Waals surface area contributed by atoms with Crippen LogP contribution >= 0.6 is 0 Å². The largest absolute Gasteiger partial charge is 0.435 e. The zero-order valence-corrected chi connectivity index (χ0v) is 20.6. The summed E-state index contributed by atoms with van der Waals surface area (Å²) in [7, 11) is 0. The van der Waals surface area contributed by atoms with Crippen LogP contribution in [-0.4, -0.2) is 32.5 Å². The molecule has 7 heteroatoms. The molecule has 3 aromatic rings. The van der Waals surface area contributed by atoms with Crippen molar-refractivity contribution in [2.45, 2.75) is 64.5 Å². The van der Waals surface area contributed by atoms with Gasteiger partial charge in [0.2, 0.25) is 0 Å². The van der Waals surface area contributed by atoms with Gasteiger partial charge in [-0.05, 0) is 54.0 Å². The van der Waals surface area contributed by atoms with Crippen LogP contribution in [0, 0.1) is 5.82 Å². The molecule has 0 radical (unpaired) electrons. The third-order valence-electron chi connectivity index (χ3n) is 6.38. The second-order valence-electron chi connectivity index (χ2n) is 9.09. The Kier molecular flexibility index (Phi) is 9.61. The van der Waals surface area contributed by atoms with Crippen molar-refractivity contribution < 1.29 is 32.1 Å². The summed E-state index contributed by atoms with van der Waals surface area (Å²) < 4.78 is 61.8. The van der Waals surface area contributed by atoms with Crippen molar-refractivity contribution in [2.24, 2.45) is 0 Å². The molecule has 0 N–H and O–H groups in total. The Hall–Kier alpha value is -2.61. The minimum absolute atomic E-state index is 0.0589. The standard InChI is InChI=1S/C29H33F3O4/c1-2-3-4-5-16-33-25-18-34-28(35-19-25)23-12-15-26-22(17-23)11-10-21(27(26)30)9-6-20-7-13-24(14-8-20)36-29(31)32/h7-8,10-15,17,25,28-29H,2-6,9,16,18-19H2,1H3. The number of hydrogen-bond acceptors (Lipinski definition) is 4. The highest BCUT2D eigenvalue weighted by Crippen LogP contribution is 2.29. The van der Waals surface area contributed by atoms with Crippen LogP contribution in [-0.2, 0) is 27.1 Å². The molecule has 1 fully saturated rings. The molecular formula is C29H33F3O4. The lowest BCUT2D eigenvalue weighted by molar-refractivity contribution is -0.230. The summed E-state index contributed by atoms with van der Waals surface area (Å²) in [5.74, 6) is -0.142. The molecule has 194 valence electrons. The van der Waals surface area contributed by atoms with Crippen LogP contribution in [0.1, 0.15) is 55.6 Å². The van der Waals surface area contributed by atoms with Gasteiger partial charge in [0.15, 0.2) is 6.29 Å². The van der Waals surface area contributed by atoms with E-state index in [4.69, 9.17) is 14.2 Å². The Morgan fingerprint density at radius 3 is 2.42 bits per heavy atom. The third-order valence-corrected chi connectivity index (χ3v) is 6.38. The van der Waals surface area contributed by atoms with Crippen molar-refractivity contribution >= 4 is 10.8 Å². The van der Waals surface area contributed by atoms with Crippen LogP contribution in [0.3, 0.4) is 0 Å². The molecule has 0 saturated carbocycles. The molecule has 4 rings (SSSR count). The third kappa shape index (κ3) is 7.21. The summed E-state index contributed by atoms with van der Waals surface area (Å²) in [5, 5.41) is 1.32. The van der Waals surface area contributed by atoms with Crippen molar-refractivity contribution in [1.29, 1.82) is 0 Å². The second kappa shape index (κ2) is 13.1. The Morgan fingerprint density at radius 1 is 0.917 bits per heavy atom. The Bertz CT molecular complexity index is 1100. The van der Waals surface area contributed by atoms with Gasteiger partial charge in [-0.1, -0.05) is 62.6 Å². The molecule has 0 atom stereocenters. The van der Waals surface area contributed by atoms with Gasteiger partial charge in [0.1, 0.15) is 17.7 Å². The van der Waals surface area contributed by atoms with Gasteiger partial charge in [0.25, 0.3) is 0 Å². The summed E-state index contributed by atoms with van der Waals surface area (Å²) in [6.45, 7) is 0.997. The van der Waals surface area contributed by atoms with Crippen molar-refractivity contribution in [3.63, 3.8) is 0 Å². The van der Waals surface area contributed by atoms with E-state index in [1.54, 1.807) is 24.3 Å². The molecule has 0 spiro atoms. The molecule has 0 aromatic heterocycles. The number of alkyl halides is 2. The van der Waals surface area contributed by atoms with Crippen molar-refractivity contribution in [3.05, 3.63) is 77.1 Å². The fourth-order valence-electron chi connectivity index (χ4n) is 4.36. The average Bonchev–Trinajstić information content (AvgIpc) is 2.89. The quantitative estimate of drug-likeness (QED) is 0.242. The molecule has 4 nitrogen and oxygen atoms in total. The summed E-state index contributed by atoms with van der Waals surface area (Å²) in [5.41, 5.74) is 2.37. The van der Waals surface area contributed by atoms with Crippen LogP contribution in [0.25, 0.3) is 10.8 Å². The molecule has 1 aliphatic heterocycles. The van der Waals surface area contributed by atoms with Gasteiger partial charge in [-0.25, -0.2) is 4.39 Å². The van der Waals surface area contributed by atoms with E-state index in [1.807, 2.05) is 18.2 Å². The number of unbranched alkanes of at least 4 members (excludes halogenated alkanes) is 3. The normalized spacial score (nSPS) is 18.1. The SMILES string of the molecule is CCCCCCOC1COC(c2ccc3c(F)c(CCc4ccc(OC(F)F)cc4)ccc3c2)OC1. The zero-order valence-electron chi connectivity index (χ0n) is 20.6. The number of fused-ring (bicyclic) bond motifs is 1. The fourth-order valence-corrected chi connectivity index (χ4v) is 4.36. The van der Waals surface area contributed by atoms with Gasteiger partial charge in [0, 0.05) is 17.6 Å². The molecule has 3 aromatic carbocycles. The predicted molar refractivity (Wildman–Crippen MR) is 133 cm³/mol. The Balaban J connectivity index is 1.32. The van der Waals surface area contributed by atoms with Gasteiger partial charge in [-0.3, -0.25) is 0 Å². The highest BCUT2D eigenvalue weighted by Gasteiger charge is 2.24. The number of aryl methyl sites for hydroxylation is 2. The second-order valence-corrected chi connectivity index (χ2v) is 9.09. The van der Waals surface area contributed by atoms with Gasteiger partial charge < -0.3 is 18.9 Å². The average molecular weight is 503 g/mol. The van der Waals surface area contributed by atoms with E-state index in [9.17, 15) is 8.78 Å². The predicted octanol–water partition coefficient (Wildman–Crippen LogP) is 7.38. The van der Waals surface area contributed by atoms with Crippen molar-refractivity contribution in [2.75, 3.05) is 19.8 Å². The minimum Gasteiger partial charge on any atom is -0.435 e. The minimum atomic E-state index is -2.85. The van der Waals surface area contributed by atoms with E-state index >= 15 is 4.39 Å². The van der Waals surface area contributed by atoms with Gasteiger partial charge in [-0.2, -0.15) is 8.78 Å². The maximum absolute atomic E-state index is 15.2. The first-order valence-electron chi connectivity index (χ1n) is 12.6. The number of rotatable bonds is 12. The van der Waals surface area contributed by atoms with Crippen LogP contribution in [0.5, 0.6) is 5.75 Å². The first-order valence-corrected chi connectivity index (χ1v) is 12.6. The molecule has 0 bridgehead atoms. The lowest BCUT2D eigenvalue weighted by Gasteiger charge is -2.29. The molecule has 0 unspecified atom stereocenters. The molecule has 1 aliphatic rings. The Morgan fingerprint density at radius 2 is 1.69 bits per heavy atom. The van der Waals surface area contributed by atoms with Gasteiger partial charge in [0.05, 0.1) is 13.2 Å². The van der Waals surface area contributed by atoms with Gasteiger partial charge in [-0.15, -0.1) is 0 Å². The van der Waals surface area contributed by atoms with E-state index < -0.39 is 12.9 Å². The number of halogens is 3. The summed E-state index contributed by atoms with van der Waals surface area (Å²) in [6, 6.07) is 15.6. The molecular weight excluding hydrogens is 469 g/mol. The first kappa shape index (κ1) is 26.5. The molecule has 1 heterocycles. The highest BCUT2D eigenvalue weighted by atomic mass is 19.3.